The van der Waals surface area contributed by atoms with Gasteiger partial charge in [-0.2, -0.15) is 0 Å². The van der Waals surface area contributed by atoms with Crippen molar-refractivity contribution in [1.29, 1.82) is 0 Å². The summed E-state index contributed by atoms with van der Waals surface area (Å²) >= 11 is 1.79. The summed E-state index contributed by atoms with van der Waals surface area (Å²) in [5.41, 5.74) is 3.79. The van der Waals surface area contributed by atoms with E-state index >= 15 is 0 Å². The molecule has 1 aromatic carbocycles. The molecule has 1 aliphatic rings. The number of thiazole rings is 1. The lowest BCUT2D eigenvalue weighted by atomic mass is 10.1. The van der Waals surface area contributed by atoms with Crippen molar-refractivity contribution in [2.75, 3.05) is 26.2 Å². The Hall–Kier alpha value is -1.19. The number of aryl methyl sites for hydroxylation is 2. The molecule has 1 aliphatic heterocycles. The van der Waals surface area contributed by atoms with Crippen LogP contribution in [0.15, 0.2) is 29.3 Å². The van der Waals surface area contributed by atoms with E-state index < -0.39 is 0 Å². The average Bonchev–Trinajstić information content (AvgIpc) is 3.31. The molecule has 1 fully saturated rings. The van der Waals surface area contributed by atoms with Gasteiger partial charge >= 0.3 is 0 Å². The summed E-state index contributed by atoms with van der Waals surface area (Å²) < 4.78 is 0. The molecule has 3 rings (SSSR count). The summed E-state index contributed by atoms with van der Waals surface area (Å²) in [4.78, 5) is 13.2. The van der Waals surface area contributed by atoms with Crippen molar-refractivity contribution >= 4 is 41.3 Å². The molecular formula is C22H34IN5S. The van der Waals surface area contributed by atoms with Gasteiger partial charge in [0.1, 0.15) is 0 Å². The molecule has 0 radical (unpaired) electrons. The molecule has 0 spiro atoms. The quantitative estimate of drug-likeness (QED) is 0.306. The van der Waals surface area contributed by atoms with Gasteiger partial charge in [0.05, 0.1) is 17.2 Å². The number of guanidine groups is 1. The first-order valence-corrected chi connectivity index (χ1v) is 11.2. The fourth-order valence-electron chi connectivity index (χ4n) is 3.40. The van der Waals surface area contributed by atoms with Crippen molar-refractivity contribution in [3.63, 3.8) is 0 Å². The van der Waals surface area contributed by atoms with E-state index in [1.165, 1.54) is 46.9 Å². The number of benzene rings is 1. The maximum atomic E-state index is 4.74. The first kappa shape index (κ1) is 24.1. The summed E-state index contributed by atoms with van der Waals surface area (Å²) in [6, 6.07) is 8.91. The first-order chi connectivity index (χ1) is 13.6. The standard InChI is InChI=1S/C22H33N5S.HI/c1-4-23-22(24-12-11-21-26-17(2)18(3)28-21)25-15-19-7-9-20(10-8-19)16-27-13-5-6-14-27;/h7-10H,4-6,11-16H2,1-3H3,(H2,23,24,25);1H. The maximum Gasteiger partial charge on any atom is 0.191 e. The van der Waals surface area contributed by atoms with Crippen LogP contribution in [0.2, 0.25) is 0 Å². The van der Waals surface area contributed by atoms with Crippen LogP contribution in [0.3, 0.4) is 0 Å². The van der Waals surface area contributed by atoms with Crippen LogP contribution < -0.4 is 10.6 Å². The minimum absolute atomic E-state index is 0. The SMILES string of the molecule is CCNC(=NCc1ccc(CN2CCCC2)cc1)NCCc1nc(C)c(C)s1.I. The highest BCUT2D eigenvalue weighted by Gasteiger charge is 2.11. The molecular weight excluding hydrogens is 493 g/mol. The molecule has 1 aromatic heterocycles. The third-order valence-electron chi connectivity index (χ3n) is 5.10. The molecule has 2 heterocycles. The Morgan fingerprint density at radius 1 is 1.10 bits per heavy atom. The van der Waals surface area contributed by atoms with E-state index in [2.05, 4.69) is 65.6 Å². The second-order valence-electron chi connectivity index (χ2n) is 7.42. The lowest BCUT2D eigenvalue weighted by Gasteiger charge is -2.14. The van der Waals surface area contributed by atoms with Gasteiger partial charge in [-0.05, 0) is 57.8 Å². The smallest absolute Gasteiger partial charge is 0.191 e. The van der Waals surface area contributed by atoms with Crippen molar-refractivity contribution in [2.24, 2.45) is 4.99 Å². The number of nitrogens with one attached hydrogen (secondary N) is 2. The highest BCUT2D eigenvalue weighted by Crippen LogP contribution is 2.16. The van der Waals surface area contributed by atoms with Gasteiger partial charge in [-0.1, -0.05) is 24.3 Å². The van der Waals surface area contributed by atoms with Gasteiger partial charge < -0.3 is 10.6 Å². The van der Waals surface area contributed by atoms with Crippen LogP contribution in [0, 0.1) is 13.8 Å². The summed E-state index contributed by atoms with van der Waals surface area (Å²) in [7, 11) is 0. The van der Waals surface area contributed by atoms with E-state index in [4.69, 9.17) is 4.99 Å². The molecule has 1 saturated heterocycles. The van der Waals surface area contributed by atoms with Crippen molar-refractivity contribution in [3.8, 4) is 0 Å². The fourth-order valence-corrected chi connectivity index (χ4v) is 4.33. The second-order valence-corrected chi connectivity index (χ2v) is 8.71. The molecule has 2 N–H and O–H groups in total. The minimum Gasteiger partial charge on any atom is -0.357 e. The first-order valence-electron chi connectivity index (χ1n) is 10.4. The third kappa shape index (κ3) is 7.86. The fraction of sp³-hybridized carbons (Fsp3) is 0.545. The van der Waals surface area contributed by atoms with Gasteiger partial charge in [0.15, 0.2) is 5.96 Å². The number of likely N-dealkylation sites (tertiary alicyclic amines) is 1. The Morgan fingerprint density at radius 2 is 1.79 bits per heavy atom. The zero-order valence-corrected chi connectivity index (χ0v) is 21.0. The predicted molar refractivity (Wildman–Crippen MR) is 134 cm³/mol. The molecule has 0 aliphatic carbocycles. The normalized spacial score (nSPS) is 14.7. The Balaban J connectivity index is 0.00000300. The molecule has 0 saturated carbocycles. The molecule has 2 aromatic rings. The van der Waals surface area contributed by atoms with Crippen LogP contribution in [0.4, 0.5) is 0 Å². The van der Waals surface area contributed by atoms with E-state index in [9.17, 15) is 0 Å². The Kier molecular flexibility index (Phi) is 10.4. The van der Waals surface area contributed by atoms with Crippen LogP contribution in [0.1, 0.15) is 46.5 Å². The van der Waals surface area contributed by atoms with E-state index in [-0.39, 0.29) is 24.0 Å². The number of hydrogen-bond donors (Lipinski definition) is 2. The van der Waals surface area contributed by atoms with Crippen molar-refractivity contribution in [3.05, 3.63) is 51.0 Å². The molecule has 29 heavy (non-hydrogen) atoms. The molecule has 0 atom stereocenters. The van der Waals surface area contributed by atoms with E-state index in [1.54, 1.807) is 11.3 Å². The highest BCUT2D eigenvalue weighted by molar-refractivity contribution is 14.0. The van der Waals surface area contributed by atoms with Gasteiger partial charge in [0.2, 0.25) is 0 Å². The average molecular weight is 528 g/mol. The van der Waals surface area contributed by atoms with Crippen LogP contribution >= 0.6 is 35.3 Å². The molecule has 0 unspecified atom stereocenters. The monoisotopic (exact) mass is 527 g/mol. The molecule has 160 valence electrons. The molecule has 0 amide bonds. The van der Waals surface area contributed by atoms with Crippen LogP contribution in [-0.2, 0) is 19.5 Å². The second kappa shape index (κ2) is 12.5. The van der Waals surface area contributed by atoms with Crippen LogP contribution in [0.5, 0.6) is 0 Å². The largest absolute Gasteiger partial charge is 0.357 e. The molecule has 7 heteroatoms. The number of nitrogens with zero attached hydrogens (tertiary/aromatic N) is 3. The van der Waals surface area contributed by atoms with Crippen molar-refractivity contribution < 1.29 is 0 Å². The highest BCUT2D eigenvalue weighted by atomic mass is 127. The predicted octanol–water partition coefficient (Wildman–Crippen LogP) is 4.27. The van der Waals surface area contributed by atoms with Gasteiger partial charge in [-0.3, -0.25) is 4.90 Å². The molecule has 0 bridgehead atoms. The van der Waals surface area contributed by atoms with E-state index in [1.807, 2.05) is 0 Å². The Morgan fingerprint density at radius 3 is 2.41 bits per heavy atom. The zero-order chi connectivity index (χ0) is 19.8. The number of halogens is 1. The lowest BCUT2D eigenvalue weighted by molar-refractivity contribution is 0.331. The van der Waals surface area contributed by atoms with Gasteiger partial charge in [0, 0.05) is 30.9 Å². The topological polar surface area (TPSA) is 52.6 Å². The van der Waals surface area contributed by atoms with Crippen LogP contribution in [-0.4, -0.2) is 42.0 Å². The number of hydrogen-bond acceptors (Lipinski definition) is 4. The molecule has 5 nitrogen and oxygen atoms in total. The summed E-state index contributed by atoms with van der Waals surface area (Å²) in [5.74, 6) is 0.869. The van der Waals surface area contributed by atoms with Gasteiger partial charge in [-0.15, -0.1) is 35.3 Å². The zero-order valence-electron chi connectivity index (χ0n) is 17.8. The van der Waals surface area contributed by atoms with E-state index in [0.29, 0.717) is 6.54 Å². The number of aromatic nitrogens is 1. The number of rotatable bonds is 8. The summed E-state index contributed by atoms with van der Waals surface area (Å²) in [6.07, 6.45) is 3.61. The lowest BCUT2D eigenvalue weighted by Crippen LogP contribution is -2.38. The summed E-state index contributed by atoms with van der Waals surface area (Å²) in [5, 5.41) is 7.94. The van der Waals surface area contributed by atoms with Crippen molar-refractivity contribution in [1.82, 2.24) is 20.5 Å². The van der Waals surface area contributed by atoms with Gasteiger partial charge in [0.25, 0.3) is 0 Å². The third-order valence-corrected chi connectivity index (χ3v) is 6.23. The minimum atomic E-state index is 0. The van der Waals surface area contributed by atoms with Gasteiger partial charge in [-0.25, -0.2) is 9.98 Å². The maximum absolute atomic E-state index is 4.74. The van der Waals surface area contributed by atoms with Crippen LogP contribution in [0.25, 0.3) is 0 Å². The Bertz CT molecular complexity index is 747. The Labute approximate surface area is 196 Å². The van der Waals surface area contributed by atoms with Crippen molar-refractivity contribution in [2.45, 2.75) is 53.1 Å². The number of aliphatic imine (C=N–C) groups is 1. The summed E-state index contributed by atoms with van der Waals surface area (Å²) in [6.45, 7) is 12.2. The van der Waals surface area contributed by atoms with E-state index in [0.717, 1.165) is 37.7 Å².